The van der Waals surface area contributed by atoms with Gasteiger partial charge in [-0.05, 0) is 24.2 Å². The third-order valence-electron chi connectivity index (χ3n) is 3.51. The third kappa shape index (κ3) is 4.51. The summed E-state index contributed by atoms with van der Waals surface area (Å²) in [5.41, 5.74) is 7.32. The quantitative estimate of drug-likeness (QED) is 0.775. The van der Waals surface area contributed by atoms with E-state index in [1.807, 2.05) is 24.3 Å². The average molecular weight is 277 g/mol. The van der Waals surface area contributed by atoms with Crippen LogP contribution in [0.25, 0.3) is 0 Å². The van der Waals surface area contributed by atoms with Crippen LogP contribution in [-0.2, 0) is 16.0 Å². The number of hydrogen-bond donors (Lipinski definition) is 2. The first-order valence-corrected chi connectivity index (χ1v) is 7.12. The molecule has 1 aromatic carbocycles. The second-order valence-electron chi connectivity index (χ2n) is 5.11. The summed E-state index contributed by atoms with van der Waals surface area (Å²) in [6.07, 6.45) is 0.448. The zero-order chi connectivity index (χ0) is 14.4. The standard InChI is InChI=1S/C15H23N3O2/c1-2-18-6-7-20-14(11-18)10-17-15(19)9-12-4-3-5-13(16)8-12/h3-5,8,14H,2,6-7,9-11,16H2,1H3,(H,17,19). The van der Waals surface area contributed by atoms with Crippen molar-refractivity contribution in [1.29, 1.82) is 0 Å². The van der Waals surface area contributed by atoms with E-state index < -0.39 is 0 Å². The highest BCUT2D eigenvalue weighted by molar-refractivity contribution is 5.78. The molecule has 2 rings (SSSR count). The van der Waals surface area contributed by atoms with Crippen LogP contribution in [0.5, 0.6) is 0 Å². The van der Waals surface area contributed by atoms with Gasteiger partial charge in [0.1, 0.15) is 0 Å². The highest BCUT2D eigenvalue weighted by Gasteiger charge is 2.19. The summed E-state index contributed by atoms with van der Waals surface area (Å²) in [6, 6.07) is 7.42. The first-order chi connectivity index (χ1) is 9.67. The maximum atomic E-state index is 11.9. The van der Waals surface area contributed by atoms with Gasteiger partial charge in [0.25, 0.3) is 0 Å². The van der Waals surface area contributed by atoms with Gasteiger partial charge in [-0.1, -0.05) is 19.1 Å². The highest BCUT2D eigenvalue weighted by atomic mass is 16.5. The molecule has 0 radical (unpaired) electrons. The van der Waals surface area contributed by atoms with Gasteiger partial charge in [-0.2, -0.15) is 0 Å². The highest BCUT2D eigenvalue weighted by Crippen LogP contribution is 2.07. The Morgan fingerprint density at radius 1 is 1.55 bits per heavy atom. The minimum atomic E-state index is 0.00724. The fourth-order valence-corrected chi connectivity index (χ4v) is 2.37. The van der Waals surface area contributed by atoms with Crippen LogP contribution in [0.3, 0.4) is 0 Å². The molecule has 0 spiro atoms. The van der Waals surface area contributed by atoms with Gasteiger partial charge >= 0.3 is 0 Å². The van der Waals surface area contributed by atoms with E-state index in [2.05, 4.69) is 17.1 Å². The van der Waals surface area contributed by atoms with Crippen molar-refractivity contribution >= 4 is 11.6 Å². The number of morpholine rings is 1. The predicted molar refractivity (Wildman–Crippen MR) is 79.4 cm³/mol. The first kappa shape index (κ1) is 14.8. The topological polar surface area (TPSA) is 67.6 Å². The van der Waals surface area contributed by atoms with Crippen LogP contribution in [-0.4, -0.2) is 49.7 Å². The maximum Gasteiger partial charge on any atom is 0.224 e. The summed E-state index contributed by atoms with van der Waals surface area (Å²) >= 11 is 0. The van der Waals surface area contributed by atoms with E-state index in [1.165, 1.54) is 0 Å². The molecule has 1 heterocycles. The Labute approximate surface area is 120 Å². The lowest BCUT2D eigenvalue weighted by Crippen LogP contribution is -2.47. The van der Waals surface area contributed by atoms with Crippen LogP contribution < -0.4 is 11.1 Å². The number of rotatable bonds is 5. The van der Waals surface area contributed by atoms with Gasteiger partial charge in [0.05, 0.1) is 19.1 Å². The fraction of sp³-hybridized carbons (Fsp3) is 0.533. The summed E-state index contributed by atoms with van der Waals surface area (Å²) in [5, 5.41) is 2.93. The molecule has 5 nitrogen and oxygen atoms in total. The molecule has 0 aliphatic carbocycles. The van der Waals surface area contributed by atoms with Crippen molar-refractivity contribution in [2.24, 2.45) is 0 Å². The Balaban J connectivity index is 1.75. The molecular weight excluding hydrogens is 254 g/mol. The molecule has 1 unspecified atom stereocenters. The molecule has 1 aliphatic heterocycles. The van der Waals surface area contributed by atoms with Crippen molar-refractivity contribution < 1.29 is 9.53 Å². The number of amides is 1. The number of carbonyl (C=O) groups excluding carboxylic acids is 1. The van der Waals surface area contributed by atoms with Crippen LogP contribution in [0.15, 0.2) is 24.3 Å². The van der Waals surface area contributed by atoms with E-state index >= 15 is 0 Å². The first-order valence-electron chi connectivity index (χ1n) is 7.12. The Morgan fingerprint density at radius 3 is 3.15 bits per heavy atom. The second kappa shape index (κ2) is 7.26. The summed E-state index contributed by atoms with van der Waals surface area (Å²) in [5.74, 6) is 0.00724. The monoisotopic (exact) mass is 277 g/mol. The van der Waals surface area contributed by atoms with Crippen molar-refractivity contribution in [3.63, 3.8) is 0 Å². The number of carbonyl (C=O) groups is 1. The minimum Gasteiger partial charge on any atom is -0.399 e. The molecule has 110 valence electrons. The Kier molecular flexibility index (Phi) is 5.38. The van der Waals surface area contributed by atoms with E-state index in [1.54, 1.807) is 0 Å². The molecule has 5 heteroatoms. The van der Waals surface area contributed by atoms with Gasteiger partial charge in [0.15, 0.2) is 0 Å². The Morgan fingerprint density at radius 2 is 2.40 bits per heavy atom. The van der Waals surface area contributed by atoms with Crippen molar-refractivity contribution in [2.45, 2.75) is 19.4 Å². The summed E-state index contributed by atoms with van der Waals surface area (Å²) in [7, 11) is 0. The van der Waals surface area contributed by atoms with Gasteiger partial charge in [0.2, 0.25) is 5.91 Å². The number of anilines is 1. The lowest BCUT2D eigenvalue weighted by atomic mass is 10.1. The SMILES string of the molecule is CCN1CCOC(CNC(=O)Cc2cccc(N)c2)C1. The Hall–Kier alpha value is -1.59. The van der Waals surface area contributed by atoms with Crippen LogP contribution in [0.1, 0.15) is 12.5 Å². The molecule has 3 N–H and O–H groups in total. The number of nitrogens with zero attached hydrogens (tertiary/aromatic N) is 1. The normalized spacial score (nSPS) is 19.8. The fourth-order valence-electron chi connectivity index (χ4n) is 2.37. The van der Waals surface area contributed by atoms with Gasteiger partial charge in [-0.3, -0.25) is 9.69 Å². The second-order valence-corrected chi connectivity index (χ2v) is 5.11. The molecule has 0 saturated carbocycles. The maximum absolute atomic E-state index is 11.9. The van der Waals surface area contributed by atoms with Crippen LogP contribution in [0.4, 0.5) is 5.69 Å². The lowest BCUT2D eigenvalue weighted by molar-refractivity contribution is -0.121. The van der Waals surface area contributed by atoms with Gasteiger partial charge < -0.3 is 15.8 Å². The number of benzene rings is 1. The summed E-state index contributed by atoms with van der Waals surface area (Å²) < 4.78 is 5.65. The molecule has 0 bridgehead atoms. The molecule has 1 fully saturated rings. The van der Waals surface area contributed by atoms with Gasteiger partial charge in [-0.15, -0.1) is 0 Å². The van der Waals surface area contributed by atoms with E-state index in [0.29, 0.717) is 18.7 Å². The number of nitrogen functional groups attached to an aromatic ring is 1. The molecule has 1 amide bonds. The van der Waals surface area contributed by atoms with Crippen molar-refractivity contribution in [3.8, 4) is 0 Å². The molecular formula is C15H23N3O2. The largest absolute Gasteiger partial charge is 0.399 e. The molecule has 1 aliphatic rings. The van der Waals surface area contributed by atoms with Gasteiger partial charge in [-0.25, -0.2) is 0 Å². The van der Waals surface area contributed by atoms with E-state index in [0.717, 1.165) is 31.8 Å². The number of likely N-dealkylation sites (N-methyl/N-ethyl adjacent to an activating group) is 1. The van der Waals surface area contributed by atoms with E-state index in [4.69, 9.17) is 10.5 Å². The third-order valence-corrected chi connectivity index (χ3v) is 3.51. The van der Waals surface area contributed by atoms with Gasteiger partial charge in [0, 0.05) is 25.3 Å². The number of nitrogens with two attached hydrogens (primary N) is 1. The molecule has 1 atom stereocenters. The summed E-state index contributed by atoms with van der Waals surface area (Å²) in [6.45, 7) is 6.33. The number of nitrogens with one attached hydrogen (secondary N) is 1. The molecule has 20 heavy (non-hydrogen) atoms. The smallest absolute Gasteiger partial charge is 0.224 e. The summed E-state index contributed by atoms with van der Waals surface area (Å²) in [4.78, 5) is 14.2. The number of hydrogen-bond acceptors (Lipinski definition) is 4. The van der Waals surface area contributed by atoms with Crippen molar-refractivity contribution in [3.05, 3.63) is 29.8 Å². The van der Waals surface area contributed by atoms with Crippen LogP contribution in [0, 0.1) is 0 Å². The van der Waals surface area contributed by atoms with Crippen molar-refractivity contribution in [2.75, 3.05) is 38.5 Å². The van der Waals surface area contributed by atoms with E-state index in [-0.39, 0.29) is 12.0 Å². The molecule has 1 aromatic rings. The van der Waals surface area contributed by atoms with Crippen molar-refractivity contribution in [1.82, 2.24) is 10.2 Å². The zero-order valence-corrected chi connectivity index (χ0v) is 12.0. The molecule has 1 saturated heterocycles. The van der Waals surface area contributed by atoms with E-state index in [9.17, 15) is 4.79 Å². The molecule has 0 aromatic heterocycles. The lowest BCUT2D eigenvalue weighted by Gasteiger charge is -2.32. The zero-order valence-electron chi connectivity index (χ0n) is 12.0. The Bertz CT molecular complexity index is 450. The van der Waals surface area contributed by atoms with Crippen LogP contribution >= 0.6 is 0 Å². The predicted octanol–water partition coefficient (Wildman–Crippen LogP) is 0.648. The average Bonchev–Trinajstić information content (AvgIpc) is 2.45. The number of ether oxygens (including phenoxy) is 1. The minimum absolute atomic E-state index is 0.00724. The van der Waals surface area contributed by atoms with Crippen LogP contribution in [0.2, 0.25) is 0 Å².